The summed E-state index contributed by atoms with van der Waals surface area (Å²) >= 11 is 5.10. The molecular formula is C14H16N2O5S. The molecule has 0 radical (unpaired) electrons. The average molecular weight is 324 g/mol. The maximum Gasteiger partial charge on any atom is 0.289 e. The zero-order valence-corrected chi connectivity index (χ0v) is 12.6. The number of nitrogens with zero attached hydrogens (tertiary/aromatic N) is 2. The van der Waals surface area contributed by atoms with E-state index in [1.807, 2.05) is 31.2 Å². The molecule has 2 heterocycles. The molecule has 1 aromatic heterocycles. The Morgan fingerprint density at radius 2 is 1.91 bits per heavy atom. The highest BCUT2D eigenvalue weighted by atomic mass is 32.1. The molecule has 0 unspecified atom stereocenters. The van der Waals surface area contributed by atoms with Crippen molar-refractivity contribution in [1.82, 2.24) is 9.78 Å². The van der Waals surface area contributed by atoms with E-state index in [0.717, 1.165) is 11.1 Å². The molecule has 1 aromatic carbocycles. The predicted octanol–water partition coefficient (Wildman–Crippen LogP) is 0.793. The van der Waals surface area contributed by atoms with Gasteiger partial charge in [0.05, 0.1) is 6.61 Å². The summed E-state index contributed by atoms with van der Waals surface area (Å²) in [5.41, 5.74) is 1.84. The minimum atomic E-state index is -1.25. The lowest BCUT2D eigenvalue weighted by molar-refractivity contribution is -0.0602. The second-order valence-electron chi connectivity index (χ2n) is 5.21. The summed E-state index contributed by atoms with van der Waals surface area (Å²) in [6, 6.07) is 7.52. The van der Waals surface area contributed by atoms with Crippen molar-refractivity contribution in [2.24, 2.45) is 0 Å². The molecule has 1 saturated heterocycles. The number of hydrogen-bond donors (Lipinski definition) is 3. The van der Waals surface area contributed by atoms with E-state index in [1.54, 1.807) is 0 Å². The molecule has 1 aliphatic heterocycles. The standard InChI is InChI=1S/C14H16N2O5S/c1-7-2-4-8(5-3-7)12-15-16(14(22)21-12)13-11(19)10(18)9(6-17)20-13/h2-5,9-11,13,17-19H,6H2,1H3/t9-,10+,11+,13+/m0/s1. The topological polar surface area (TPSA) is 101 Å². The molecule has 3 rings (SSSR count). The van der Waals surface area contributed by atoms with E-state index in [2.05, 4.69) is 5.10 Å². The van der Waals surface area contributed by atoms with Crippen molar-refractivity contribution in [2.45, 2.75) is 31.5 Å². The zero-order chi connectivity index (χ0) is 15.9. The lowest BCUT2D eigenvalue weighted by Gasteiger charge is -2.13. The number of ether oxygens (including phenoxy) is 1. The molecule has 0 spiro atoms. The van der Waals surface area contributed by atoms with Crippen LogP contribution in [-0.2, 0) is 4.74 Å². The molecule has 0 saturated carbocycles. The van der Waals surface area contributed by atoms with Crippen LogP contribution in [0.2, 0.25) is 0 Å². The first-order chi connectivity index (χ1) is 10.5. The third-order valence-electron chi connectivity index (χ3n) is 3.63. The molecule has 1 aliphatic rings. The van der Waals surface area contributed by atoms with Crippen molar-refractivity contribution in [1.29, 1.82) is 0 Å². The highest BCUT2D eigenvalue weighted by molar-refractivity contribution is 7.71. The first-order valence-electron chi connectivity index (χ1n) is 6.80. The predicted molar refractivity (Wildman–Crippen MR) is 78.5 cm³/mol. The Labute approximate surface area is 131 Å². The maximum atomic E-state index is 10.0. The van der Waals surface area contributed by atoms with E-state index >= 15 is 0 Å². The summed E-state index contributed by atoms with van der Waals surface area (Å²) in [6.07, 6.45) is -4.35. The van der Waals surface area contributed by atoms with E-state index in [0.29, 0.717) is 5.89 Å². The van der Waals surface area contributed by atoms with Crippen LogP contribution < -0.4 is 0 Å². The number of aliphatic hydroxyl groups excluding tert-OH is 3. The molecule has 2 aromatic rings. The number of aryl methyl sites for hydroxylation is 1. The summed E-state index contributed by atoms with van der Waals surface area (Å²) in [5.74, 6) is 0.294. The Balaban J connectivity index is 1.93. The van der Waals surface area contributed by atoms with Crippen molar-refractivity contribution in [3.05, 3.63) is 34.7 Å². The Bertz CT molecular complexity index is 711. The highest BCUT2D eigenvalue weighted by Crippen LogP contribution is 2.30. The number of hydrogen-bond acceptors (Lipinski definition) is 7. The molecule has 1 fully saturated rings. The van der Waals surface area contributed by atoms with Gasteiger partial charge in [-0.1, -0.05) is 17.7 Å². The number of aromatic nitrogens is 2. The van der Waals surface area contributed by atoms with Crippen LogP contribution in [0.1, 0.15) is 11.8 Å². The third-order valence-corrected chi connectivity index (χ3v) is 3.90. The van der Waals surface area contributed by atoms with Crippen molar-refractivity contribution in [3.63, 3.8) is 0 Å². The van der Waals surface area contributed by atoms with Crippen LogP contribution in [-0.4, -0.2) is 50.0 Å². The van der Waals surface area contributed by atoms with E-state index in [9.17, 15) is 10.2 Å². The molecular weight excluding hydrogens is 308 g/mol. The molecule has 118 valence electrons. The van der Waals surface area contributed by atoms with Crippen molar-refractivity contribution < 1.29 is 24.5 Å². The first kappa shape index (κ1) is 15.3. The summed E-state index contributed by atoms with van der Waals surface area (Å²) in [4.78, 5) is 0.0189. The monoisotopic (exact) mass is 324 g/mol. The van der Waals surface area contributed by atoms with Crippen LogP contribution in [0.25, 0.3) is 11.5 Å². The molecule has 22 heavy (non-hydrogen) atoms. The normalized spacial score (nSPS) is 28.2. The van der Waals surface area contributed by atoms with Gasteiger partial charge < -0.3 is 24.5 Å². The fraction of sp³-hybridized carbons (Fsp3) is 0.429. The third kappa shape index (κ3) is 2.59. The minimum Gasteiger partial charge on any atom is -0.409 e. The van der Waals surface area contributed by atoms with Crippen LogP contribution in [0.5, 0.6) is 0 Å². The van der Waals surface area contributed by atoms with Crippen molar-refractivity contribution >= 4 is 12.2 Å². The number of benzene rings is 1. The lowest BCUT2D eigenvalue weighted by atomic mass is 10.1. The first-order valence-corrected chi connectivity index (χ1v) is 7.21. The Hall–Kier alpha value is -1.58. The van der Waals surface area contributed by atoms with Crippen LogP contribution in [0, 0.1) is 11.8 Å². The largest absolute Gasteiger partial charge is 0.409 e. The van der Waals surface area contributed by atoms with Gasteiger partial charge in [0.2, 0.25) is 5.89 Å². The number of aliphatic hydroxyl groups is 3. The quantitative estimate of drug-likeness (QED) is 0.718. The summed E-state index contributed by atoms with van der Waals surface area (Å²) in [5, 5.41) is 33.1. The molecule has 4 atom stereocenters. The van der Waals surface area contributed by atoms with E-state index in [-0.39, 0.29) is 4.84 Å². The zero-order valence-electron chi connectivity index (χ0n) is 11.8. The fourth-order valence-corrected chi connectivity index (χ4v) is 2.57. The Morgan fingerprint density at radius 3 is 2.50 bits per heavy atom. The average Bonchev–Trinajstić information content (AvgIpc) is 3.02. The van der Waals surface area contributed by atoms with Crippen LogP contribution in [0.15, 0.2) is 28.7 Å². The number of rotatable bonds is 3. The second-order valence-corrected chi connectivity index (χ2v) is 5.56. The van der Waals surface area contributed by atoms with Gasteiger partial charge in [-0.3, -0.25) is 0 Å². The van der Waals surface area contributed by atoms with Gasteiger partial charge in [0.1, 0.15) is 18.3 Å². The smallest absolute Gasteiger partial charge is 0.289 e. The van der Waals surface area contributed by atoms with Gasteiger partial charge in [0.15, 0.2) is 6.23 Å². The second kappa shape index (κ2) is 5.90. The van der Waals surface area contributed by atoms with Crippen molar-refractivity contribution in [2.75, 3.05) is 6.61 Å². The fourth-order valence-electron chi connectivity index (χ4n) is 2.34. The lowest BCUT2D eigenvalue weighted by Crippen LogP contribution is -2.33. The van der Waals surface area contributed by atoms with Crippen LogP contribution in [0.3, 0.4) is 0 Å². The minimum absolute atomic E-state index is 0.0189. The summed E-state index contributed by atoms with van der Waals surface area (Å²) < 4.78 is 12.0. The summed E-state index contributed by atoms with van der Waals surface area (Å²) in [7, 11) is 0. The van der Waals surface area contributed by atoms with Gasteiger partial charge in [0, 0.05) is 5.56 Å². The van der Waals surface area contributed by atoms with Crippen LogP contribution >= 0.6 is 12.2 Å². The molecule has 7 nitrogen and oxygen atoms in total. The van der Waals surface area contributed by atoms with Gasteiger partial charge in [0.25, 0.3) is 4.84 Å². The van der Waals surface area contributed by atoms with Gasteiger partial charge >= 0.3 is 0 Å². The van der Waals surface area contributed by atoms with Crippen LogP contribution in [0.4, 0.5) is 0 Å². The Kier molecular flexibility index (Phi) is 4.11. The molecule has 0 amide bonds. The van der Waals surface area contributed by atoms with Gasteiger partial charge in [-0.25, -0.2) is 0 Å². The van der Waals surface area contributed by atoms with Gasteiger partial charge in [-0.05, 0) is 31.3 Å². The highest BCUT2D eigenvalue weighted by Gasteiger charge is 2.44. The van der Waals surface area contributed by atoms with E-state index in [4.69, 9.17) is 26.5 Å². The maximum absolute atomic E-state index is 10.0. The summed E-state index contributed by atoms with van der Waals surface area (Å²) in [6.45, 7) is 1.56. The molecule has 0 bridgehead atoms. The molecule has 3 N–H and O–H groups in total. The van der Waals surface area contributed by atoms with Gasteiger partial charge in [-0.15, -0.1) is 5.10 Å². The van der Waals surface area contributed by atoms with E-state index < -0.39 is 31.1 Å². The van der Waals surface area contributed by atoms with Crippen molar-refractivity contribution in [3.8, 4) is 11.5 Å². The SMILES string of the molecule is Cc1ccc(-c2nn([C@@H]3O[C@@H](CO)[C@@H](O)[C@H]3O)c(=S)o2)cc1. The molecule has 0 aliphatic carbocycles. The van der Waals surface area contributed by atoms with E-state index in [1.165, 1.54) is 4.68 Å². The van der Waals surface area contributed by atoms with Gasteiger partial charge in [-0.2, -0.15) is 4.68 Å². The molecule has 8 heteroatoms. The Morgan fingerprint density at radius 1 is 1.23 bits per heavy atom.